The highest BCUT2D eigenvalue weighted by Crippen LogP contribution is 2.38. The minimum atomic E-state index is -4.53. The lowest BCUT2D eigenvalue weighted by molar-refractivity contribution is -0.138. The second kappa shape index (κ2) is 7.45. The Hall–Kier alpha value is -3.27. The molecule has 1 aliphatic rings. The van der Waals surface area contributed by atoms with Crippen LogP contribution in [0.3, 0.4) is 0 Å². The summed E-state index contributed by atoms with van der Waals surface area (Å²) in [6, 6.07) is 8.32. The number of hydrogen-bond acceptors (Lipinski definition) is 4. The number of nitrogens with zero attached hydrogens (tertiary/aromatic N) is 3. The van der Waals surface area contributed by atoms with E-state index in [1.165, 1.54) is 30.5 Å². The lowest BCUT2D eigenvalue weighted by atomic mass is 10.0. The molecule has 3 aromatic rings. The Morgan fingerprint density at radius 1 is 0.710 bits per heavy atom. The average molecular weight is 437 g/mol. The maximum Gasteiger partial charge on any atom is 0.416 e. The van der Waals surface area contributed by atoms with Gasteiger partial charge in [-0.25, -0.2) is 15.0 Å². The Balaban J connectivity index is 1.87. The molecule has 0 saturated carbocycles. The zero-order valence-electron chi connectivity index (χ0n) is 15.5. The minimum Gasteiger partial charge on any atom is -0.386 e. The number of fused-ring (bicyclic) bond motifs is 1. The fourth-order valence-electron chi connectivity index (χ4n) is 3.15. The smallest absolute Gasteiger partial charge is 0.386 e. The molecule has 2 heterocycles. The standard InChI is InChI=1S/C21H13F6N3O/c22-20(23,24)13-5-1-11(2-6-13)16-17(12-3-7-14(8-4-12)21(25,26)27)30-19-18(29-16)15(31)9-10-28-19/h1-8,10,15,31H,9H2. The molecular weight excluding hydrogens is 424 g/mol. The Kier molecular flexibility index (Phi) is 5.04. The maximum absolute atomic E-state index is 12.9. The van der Waals surface area contributed by atoms with E-state index in [9.17, 15) is 31.4 Å². The van der Waals surface area contributed by atoms with Crippen molar-refractivity contribution in [1.82, 2.24) is 9.97 Å². The highest BCUT2D eigenvalue weighted by molar-refractivity contribution is 5.80. The van der Waals surface area contributed by atoms with Gasteiger partial charge in [-0.05, 0) is 24.3 Å². The van der Waals surface area contributed by atoms with Crippen molar-refractivity contribution in [3.8, 4) is 22.5 Å². The van der Waals surface area contributed by atoms with Gasteiger partial charge in [-0.1, -0.05) is 24.3 Å². The molecule has 4 nitrogen and oxygen atoms in total. The molecule has 1 aromatic heterocycles. The van der Waals surface area contributed by atoms with Crippen LogP contribution in [0.15, 0.2) is 53.5 Å². The van der Waals surface area contributed by atoms with Gasteiger partial charge in [0.1, 0.15) is 11.8 Å². The lowest BCUT2D eigenvalue weighted by Gasteiger charge is -2.18. The third kappa shape index (κ3) is 4.15. The van der Waals surface area contributed by atoms with E-state index in [1.807, 2.05) is 0 Å². The molecule has 0 amide bonds. The largest absolute Gasteiger partial charge is 0.416 e. The van der Waals surface area contributed by atoms with Crippen LogP contribution in [0.25, 0.3) is 22.5 Å². The summed E-state index contributed by atoms with van der Waals surface area (Å²) < 4.78 is 77.4. The number of rotatable bonds is 2. The van der Waals surface area contributed by atoms with Gasteiger partial charge in [-0.2, -0.15) is 26.3 Å². The van der Waals surface area contributed by atoms with Crippen LogP contribution in [-0.2, 0) is 12.4 Å². The van der Waals surface area contributed by atoms with Gasteiger partial charge in [0.2, 0.25) is 0 Å². The van der Waals surface area contributed by atoms with Crippen molar-refractivity contribution in [3.63, 3.8) is 0 Å². The van der Waals surface area contributed by atoms with E-state index in [4.69, 9.17) is 0 Å². The number of aromatic nitrogens is 2. The number of aliphatic hydroxyl groups excluding tert-OH is 1. The molecule has 2 aromatic carbocycles. The molecule has 0 radical (unpaired) electrons. The van der Waals surface area contributed by atoms with E-state index in [-0.39, 0.29) is 40.4 Å². The normalized spacial score (nSPS) is 16.3. The van der Waals surface area contributed by atoms with Gasteiger partial charge in [0.05, 0.1) is 22.5 Å². The molecule has 0 bridgehead atoms. The first kappa shape index (κ1) is 21.0. The average Bonchev–Trinajstić information content (AvgIpc) is 2.72. The Morgan fingerprint density at radius 2 is 1.16 bits per heavy atom. The van der Waals surface area contributed by atoms with Crippen molar-refractivity contribution in [3.05, 3.63) is 65.4 Å². The SMILES string of the molecule is OC1CC=Nc2nc(-c3ccc(C(F)(F)F)cc3)c(-c3ccc(C(F)(F)F)cc3)nc21. The monoisotopic (exact) mass is 437 g/mol. The van der Waals surface area contributed by atoms with Crippen LogP contribution in [0.1, 0.15) is 29.3 Å². The number of aliphatic imine (C=N–C) groups is 1. The Labute approximate surface area is 171 Å². The van der Waals surface area contributed by atoms with Gasteiger partial charge in [0.25, 0.3) is 0 Å². The van der Waals surface area contributed by atoms with Crippen molar-refractivity contribution in [2.75, 3.05) is 0 Å². The first-order valence-electron chi connectivity index (χ1n) is 9.02. The van der Waals surface area contributed by atoms with Crippen LogP contribution in [-0.4, -0.2) is 21.3 Å². The van der Waals surface area contributed by atoms with Crippen molar-refractivity contribution < 1.29 is 31.4 Å². The molecular formula is C21H13F6N3O. The van der Waals surface area contributed by atoms with Gasteiger partial charge in [-0.15, -0.1) is 0 Å². The zero-order chi connectivity index (χ0) is 22.4. The summed E-state index contributed by atoms with van der Waals surface area (Å²) >= 11 is 0. The highest BCUT2D eigenvalue weighted by atomic mass is 19.4. The second-order valence-corrected chi connectivity index (χ2v) is 6.84. The van der Waals surface area contributed by atoms with Crippen LogP contribution in [0.4, 0.5) is 32.2 Å². The molecule has 1 atom stereocenters. The predicted octanol–water partition coefficient (Wildman–Crippen LogP) is 5.99. The van der Waals surface area contributed by atoms with Crippen molar-refractivity contribution in [1.29, 1.82) is 0 Å². The summed E-state index contributed by atoms with van der Waals surface area (Å²) in [6.07, 6.45) is -8.43. The van der Waals surface area contributed by atoms with E-state index in [0.717, 1.165) is 24.3 Å². The lowest BCUT2D eigenvalue weighted by Crippen LogP contribution is -2.10. The van der Waals surface area contributed by atoms with Gasteiger partial charge in [0.15, 0.2) is 5.82 Å². The third-order valence-corrected chi connectivity index (χ3v) is 4.73. The fourth-order valence-corrected chi connectivity index (χ4v) is 3.15. The van der Waals surface area contributed by atoms with Crippen LogP contribution >= 0.6 is 0 Å². The summed E-state index contributed by atoms with van der Waals surface area (Å²) in [5.41, 5.74) is -0.766. The topological polar surface area (TPSA) is 58.4 Å². The van der Waals surface area contributed by atoms with E-state index in [0.29, 0.717) is 0 Å². The van der Waals surface area contributed by atoms with Gasteiger partial charge in [-0.3, -0.25) is 0 Å². The molecule has 10 heteroatoms. The summed E-state index contributed by atoms with van der Waals surface area (Å²) in [4.78, 5) is 12.8. The van der Waals surface area contributed by atoms with Crippen LogP contribution < -0.4 is 0 Å². The number of halogens is 6. The van der Waals surface area contributed by atoms with Crippen molar-refractivity contribution in [2.45, 2.75) is 24.9 Å². The molecule has 1 unspecified atom stereocenters. The summed E-state index contributed by atoms with van der Waals surface area (Å²) in [5.74, 6) is 0.101. The summed E-state index contributed by atoms with van der Waals surface area (Å²) in [5, 5.41) is 10.2. The fraction of sp³-hybridized carbons (Fsp3) is 0.190. The van der Waals surface area contributed by atoms with Gasteiger partial charge < -0.3 is 5.11 Å². The molecule has 0 fully saturated rings. The van der Waals surface area contributed by atoms with E-state index < -0.39 is 29.6 Å². The quantitative estimate of drug-likeness (QED) is 0.501. The summed E-state index contributed by atoms with van der Waals surface area (Å²) in [6.45, 7) is 0. The number of benzene rings is 2. The molecule has 4 rings (SSSR count). The molecule has 0 saturated heterocycles. The van der Waals surface area contributed by atoms with Gasteiger partial charge >= 0.3 is 12.4 Å². The molecule has 1 N–H and O–H groups in total. The number of hydrogen-bond donors (Lipinski definition) is 1. The Morgan fingerprint density at radius 3 is 1.61 bits per heavy atom. The molecule has 1 aliphatic heterocycles. The minimum absolute atomic E-state index is 0.101. The van der Waals surface area contributed by atoms with E-state index in [2.05, 4.69) is 15.0 Å². The first-order chi connectivity index (χ1) is 14.5. The molecule has 31 heavy (non-hydrogen) atoms. The highest BCUT2D eigenvalue weighted by Gasteiger charge is 2.32. The first-order valence-corrected chi connectivity index (χ1v) is 9.02. The molecule has 160 valence electrons. The number of aliphatic hydroxyl groups is 1. The van der Waals surface area contributed by atoms with Crippen LogP contribution in [0.5, 0.6) is 0 Å². The van der Waals surface area contributed by atoms with E-state index >= 15 is 0 Å². The Bertz CT molecular complexity index is 1140. The van der Waals surface area contributed by atoms with Crippen molar-refractivity contribution in [2.24, 2.45) is 4.99 Å². The van der Waals surface area contributed by atoms with E-state index in [1.54, 1.807) is 0 Å². The van der Waals surface area contributed by atoms with Crippen molar-refractivity contribution >= 4 is 12.0 Å². The summed E-state index contributed by atoms with van der Waals surface area (Å²) in [7, 11) is 0. The maximum atomic E-state index is 12.9. The second-order valence-electron chi connectivity index (χ2n) is 6.84. The predicted molar refractivity (Wildman–Crippen MR) is 101 cm³/mol. The zero-order valence-corrected chi connectivity index (χ0v) is 15.5. The third-order valence-electron chi connectivity index (χ3n) is 4.73. The van der Waals surface area contributed by atoms with Crippen LogP contribution in [0.2, 0.25) is 0 Å². The number of alkyl halides is 6. The van der Waals surface area contributed by atoms with Gasteiger partial charge in [0, 0.05) is 23.8 Å². The molecule has 0 spiro atoms. The molecule has 0 aliphatic carbocycles. The van der Waals surface area contributed by atoms with Crippen LogP contribution in [0, 0.1) is 0 Å².